The highest BCUT2D eigenvalue weighted by Gasteiger charge is 2.27. The Bertz CT molecular complexity index is 1100. The molecule has 0 radical (unpaired) electrons. The largest absolute Gasteiger partial charge is 0.354 e. The van der Waals surface area contributed by atoms with Crippen molar-refractivity contribution in [2.75, 3.05) is 12.4 Å². The van der Waals surface area contributed by atoms with Crippen molar-refractivity contribution in [3.05, 3.63) is 59.3 Å². The molecule has 1 aromatic heterocycles. The number of aliphatic imine (C=N–C) groups is 1. The first kappa shape index (κ1) is 28.6. The molecule has 2 atom stereocenters. The smallest absolute Gasteiger partial charge is 0.276 e. The fourth-order valence-electron chi connectivity index (χ4n) is 5.26. The van der Waals surface area contributed by atoms with E-state index in [4.69, 9.17) is 9.83 Å². The van der Waals surface area contributed by atoms with Gasteiger partial charge in [0.15, 0.2) is 5.82 Å². The highest BCUT2D eigenvalue weighted by Crippen LogP contribution is 2.44. The molecule has 2 N–H and O–H groups in total. The molecule has 1 amide bonds. The maximum Gasteiger partial charge on any atom is 0.276 e. The lowest BCUT2D eigenvalue weighted by molar-refractivity contribution is 0.0538. The quantitative estimate of drug-likeness (QED) is 0.200. The molecule has 2 unspecified atom stereocenters. The molecule has 0 aliphatic heterocycles. The van der Waals surface area contributed by atoms with Crippen LogP contribution in [0.5, 0.6) is 0 Å². The van der Waals surface area contributed by atoms with Crippen LogP contribution in [0.2, 0.25) is 0 Å². The minimum Gasteiger partial charge on any atom is -0.354 e. The van der Waals surface area contributed by atoms with Gasteiger partial charge in [-0.25, -0.2) is 15.5 Å². The van der Waals surface area contributed by atoms with Crippen molar-refractivity contribution in [3.8, 4) is 0 Å². The molecule has 1 aliphatic rings. The van der Waals surface area contributed by atoms with Crippen molar-refractivity contribution >= 4 is 28.8 Å². The summed E-state index contributed by atoms with van der Waals surface area (Å²) < 4.78 is 0. The SMILES string of the molecule is CCCC(CC)C(CC)C/C(C)=C\C(C)=Nc1cc(Nc2ccccc2C(=O)NOC)c(C2CC2)cn1. The third kappa shape index (κ3) is 8.26. The number of aromatic nitrogens is 1. The van der Waals surface area contributed by atoms with Gasteiger partial charge in [-0.3, -0.25) is 9.63 Å². The molecule has 1 saturated carbocycles. The second-order valence-electron chi connectivity index (χ2n) is 10.3. The molecule has 1 fully saturated rings. The van der Waals surface area contributed by atoms with Gasteiger partial charge >= 0.3 is 0 Å². The van der Waals surface area contributed by atoms with Gasteiger partial charge in [0.1, 0.15) is 0 Å². The van der Waals surface area contributed by atoms with E-state index in [9.17, 15) is 4.79 Å². The molecule has 1 heterocycles. The summed E-state index contributed by atoms with van der Waals surface area (Å²) in [4.78, 5) is 26.8. The Morgan fingerprint density at radius 2 is 1.86 bits per heavy atom. The zero-order valence-corrected chi connectivity index (χ0v) is 23.4. The summed E-state index contributed by atoms with van der Waals surface area (Å²) in [6, 6.07) is 9.42. The van der Waals surface area contributed by atoms with Crippen LogP contribution in [-0.2, 0) is 4.84 Å². The maximum atomic E-state index is 12.5. The van der Waals surface area contributed by atoms with Crippen molar-refractivity contribution in [2.24, 2.45) is 16.8 Å². The molecule has 0 spiro atoms. The predicted octanol–water partition coefficient (Wildman–Crippen LogP) is 8.28. The van der Waals surface area contributed by atoms with E-state index in [1.165, 1.54) is 38.4 Å². The lowest BCUT2D eigenvalue weighted by Crippen LogP contribution is -2.22. The standard InChI is InChI=1S/C31H44N4O2/c1-7-12-23(8-2)24(9-3)18-21(4)17-22(5)33-30-19-29(27(20-32-30)25-15-16-25)34-28-14-11-10-13-26(28)31(36)35-37-6/h10-11,13-14,17,19-20,23-25H,7-9,12,15-16,18H2,1-6H3,(H,32,34)(H,35,36)/b21-17-,33-22?. The number of anilines is 2. The molecular formula is C31H44N4O2. The van der Waals surface area contributed by atoms with Crippen molar-refractivity contribution in [3.63, 3.8) is 0 Å². The third-order valence-electron chi connectivity index (χ3n) is 7.28. The van der Waals surface area contributed by atoms with E-state index in [-0.39, 0.29) is 5.91 Å². The zero-order chi connectivity index (χ0) is 26.8. The van der Waals surface area contributed by atoms with Gasteiger partial charge in [0.05, 0.1) is 18.4 Å². The average molecular weight is 505 g/mol. The number of hydroxylamine groups is 1. The molecule has 2 aromatic rings. The van der Waals surface area contributed by atoms with Crippen LogP contribution in [0.15, 0.2) is 53.2 Å². The van der Waals surface area contributed by atoms with Crippen LogP contribution >= 0.6 is 0 Å². The third-order valence-corrected chi connectivity index (χ3v) is 7.28. The van der Waals surface area contributed by atoms with Crippen LogP contribution in [0.4, 0.5) is 17.2 Å². The lowest BCUT2D eigenvalue weighted by atomic mass is 9.81. The van der Waals surface area contributed by atoms with E-state index >= 15 is 0 Å². The highest BCUT2D eigenvalue weighted by atomic mass is 16.6. The van der Waals surface area contributed by atoms with Crippen LogP contribution in [0.3, 0.4) is 0 Å². The summed E-state index contributed by atoms with van der Waals surface area (Å²) in [6.07, 6.45) is 12.6. The first-order valence-corrected chi connectivity index (χ1v) is 13.8. The molecule has 6 heteroatoms. The molecule has 3 rings (SSSR count). The number of hydrogen-bond donors (Lipinski definition) is 2. The Morgan fingerprint density at radius 1 is 1.14 bits per heavy atom. The number of pyridine rings is 1. The van der Waals surface area contributed by atoms with E-state index in [0.717, 1.165) is 53.7 Å². The first-order chi connectivity index (χ1) is 17.9. The number of nitrogens with zero attached hydrogens (tertiary/aromatic N) is 2. The Hall–Kier alpha value is -2.99. The van der Waals surface area contributed by atoms with Crippen molar-refractivity contribution < 1.29 is 9.63 Å². The number of nitrogens with one attached hydrogen (secondary N) is 2. The van der Waals surface area contributed by atoms with Crippen molar-refractivity contribution in [1.29, 1.82) is 0 Å². The average Bonchev–Trinajstić information content (AvgIpc) is 3.72. The number of rotatable bonds is 14. The predicted molar refractivity (Wildman–Crippen MR) is 154 cm³/mol. The molecule has 37 heavy (non-hydrogen) atoms. The number of carbonyl (C=O) groups excluding carboxylic acids is 1. The second kappa shape index (κ2) is 14.1. The highest BCUT2D eigenvalue weighted by molar-refractivity contribution is 6.00. The molecule has 6 nitrogen and oxygen atoms in total. The van der Waals surface area contributed by atoms with Gasteiger partial charge < -0.3 is 5.32 Å². The molecular weight excluding hydrogens is 460 g/mol. The van der Waals surface area contributed by atoms with E-state index in [1.807, 2.05) is 37.4 Å². The zero-order valence-electron chi connectivity index (χ0n) is 23.4. The van der Waals surface area contributed by atoms with E-state index in [2.05, 4.69) is 49.6 Å². The normalized spacial score (nSPS) is 15.8. The Morgan fingerprint density at radius 3 is 2.51 bits per heavy atom. The number of carbonyl (C=O) groups is 1. The molecule has 1 aliphatic carbocycles. The minimum atomic E-state index is -0.294. The topological polar surface area (TPSA) is 75.6 Å². The van der Waals surface area contributed by atoms with E-state index in [1.54, 1.807) is 6.07 Å². The summed E-state index contributed by atoms with van der Waals surface area (Å²) in [5.41, 5.74) is 8.07. The summed E-state index contributed by atoms with van der Waals surface area (Å²) >= 11 is 0. The van der Waals surface area contributed by atoms with Crippen LogP contribution in [0, 0.1) is 11.8 Å². The summed E-state index contributed by atoms with van der Waals surface area (Å²) in [7, 11) is 1.43. The molecule has 0 bridgehead atoms. The lowest BCUT2D eigenvalue weighted by Gasteiger charge is -2.25. The van der Waals surface area contributed by atoms with Crippen molar-refractivity contribution in [2.45, 2.75) is 85.5 Å². The van der Waals surface area contributed by atoms with Gasteiger partial charge in [-0.2, -0.15) is 0 Å². The van der Waals surface area contributed by atoms with E-state index in [0.29, 0.717) is 17.3 Å². The Balaban J connectivity index is 1.83. The Labute approximate surface area is 223 Å². The van der Waals surface area contributed by atoms with Crippen LogP contribution in [0.1, 0.15) is 101 Å². The molecule has 0 saturated heterocycles. The first-order valence-electron chi connectivity index (χ1n) is 13.8. The molecule has 1 aromatic carbocycles. The van der Waals surface area contributed by atoms with Gasteiger partial charge in [0, 0.05) is 23.7 Å². The fourth-order valence-corrected chi connectivity index (χ4v) is 5.26. The number of hydrogen-bond acceptors (Lipinski definition) is 5. The van der Waals surface area contributed by atoms with Crippen LogP contribution in [-0.4, -0.2) is 23.7 Å². The van der Waals surface area contributed by atoms with Gasteiger partial charge in [-0.05, 0) is 74.6 Å². The fraction of sp³-hybridized carbons (Fsp3) is 0.516. The second-order valence-corrected chi connectivity index (χ2v) is 10.3. The van der Waals surface area contributed by atoms with E-state index < -0.39 is 0 Å². The van der Waals surface area contributed by atoms with Gasteiger partial charge in [-0.15, -0.1) is 0 Å². The summed E-state index contributed by atoms with van der Waals surface area (Å²) in [5.74, 6) is 2.37. The number of benzene rings is 1. The Kier molecular flexibility index (Phi) is 10.9. The van der Waals surface area contributed by atoms with Crippen LogP contribution in [0.25, 0.3) is 0 Å². The summed E-state index contributed by atoms with van der Waals surface area (Å²) in [5, 5.41) is 3.48. The molecule has 200 valence electrons. The van der Waals surface area contributed by atoms with Gasteiger partial charge in [-0.1, -0.05) is 64.2 Å². The van der Waals surface area contributed by atoms with Gasteiger partial charge in [0.25, 0.3) is 5.91 Å². The van der Waals surface area contributed by atoms with Gasteiger partial charge in [0.2, 0.25) is 0 Å². The van der Waals surface area contributed by atoms with Crippen molar-refractivity contribution in [1.82, 2.24) is 10.5 Å². The minimum absolute atomic E-state index is 0.294. The number of amides is 1. The monoisotopic (exact) mass is 504 g/mol. The van der Waals surface area contributed by atoms with Crippen LogP contribution < -0.4 is 10.8 Å². The number of allylic oxidation sites excluding steroid dienone is 2. The maximum absolute atomic E-state index is 12.5. The summed E-state index contributed by atoms with van der Waals surface area (Å²) in [6.45, 7) is 11.2. The number of para-hydroxylation sites is 1.